The van der Waals surface area contributed by atoms with Gasteiger partial charge in [0.05, 0.1) is 21.1 Å². The molecule has 0 aliphatic carbocycles. The molecule has 0 unspecified atom stereocenters. The SMILES string of the molecule is CC(C)(C)OC(=O)NC(C)(C)C(=O)Nc1ccc(Cl)c(N=C2NC(=O)C(=Cc3ccc4ncccc4c3)S2)c1. The predicted octanol–water partition coefficient (Wildman–Crippen LogP) is 6.02. The predicted molar refractivity (Wildman–Crippen MR) is 156 cm³/mol. The second-order valence-electron chi connectivity index (χ2n) is 10.3. The first-order valence-corrected chi connectivity index (χ1v) is 13.3. The molecule has 0 atom stereocenters. The largest absolute Gasteiger partial charge is 0.444 e. The second kappa shape index (κ2) is 11.1. The van der Waals surface area contributed by atoms with Crippen molar-refractivity contribution in [2.45, 2.75) is 45.8 Å². The number of rotatable bonds is 5. The van der Waals surface area contributed by atoms with E-state index in [1.807, 2.05) is 30.3 Å². The Morgan fingerprint density at radius 2 is 1.87 bits per heavy atom. The lowest BCUT2D eigenvalue weighted by Gasteiger charge is -2.27. The molecule has 202 valence electrons. The Balaban J connectivity index is 1.48. The molecule has 2 heterocycles. The summed E-state index contributed by atoms with van der Waals surface area (Å²) >= 11 is 7.54. The molecule has 1 saturated heterocycles. The molecule has 3 amide bonds. The third kappa shape index (κ3) is 7.36. The van der Waals surface area contributed by atoms with Gasteiger partial charge in [0.1, 0.15) is 11.1 Å². The molecule has 1 aliphatic heterocycles. The first-order chi connectivity index (χ1) is 18.3. The summed E-state index contributed by atoms with van der Waals surface area (Å²) in [6, 6.07) is 14.4. The Labute approximate surface area is 235 Å². The van der Waals surface area contributed by atoms with Gasteiger partial charge >= 0.3 is 6.09 Å². The summed E-state index contributed by atoms with van der Waals surface area (Å²) in [6.07, 6.45) is 2.81. The number of fused-ring (bicyclic) bond motifs is 1. The zero-order valence-corrected chi connectivity index (χ0v) is 23.7. The van der Waals surface area contributed by atoms with Crippen LogP contribution in [0, 0.1) is 0 Å². The van der Waals surface area contributed by atoms with Gasteiger partial charge < -0.3 is 20.7 Å². The van der Waals surface area contributed by atoms with Crippen LogP contribution < -0.4 is 16.0 Å². The Morgan fingerprint density at radius 1 is 1.10 bits per heavy atom. The minimum atomic E-state index is -1.26. The summed E-state index contributed by atoms with van der Waals surface area (Å²) in [5.41, 5.74) is 0.542. The van der Waals surface area contributed by atoms with Crippen molar-refractivity contribution < 1.29 is 19.1 Å². The van der Waals surface area contributed by atoms with E-state index in [-0.39, 0.29) is 5.91 Å². The number of nitrogens with zero attached hydrogens (tertiary/aromatic N) is 2. The fraction of sp³-hybridized carbons (Fsp3) is 0.250. The summed E-state index contributed by atoms with van der Waals surface area (Å²) in [7, 11) is 0. The first kappa shape index (κ1) is 28.1. The molecule has 1 aliphatic rings. The highest BCUT2D eigenvalue weighted by atomic mass is 35.5. The zero-order chi connectivity index (χ0) is 28.4. The highest BCUT2D eigenvalue weighted by molar-refractivity contribution is 8.18. The molecule has 11 heteroatoms. The second-order valence-corrected chi connectivity index (χ2v) is 11.7. The van der Waals surface area contributed by atoms with Crippen LogP contribution >= 0.6 is 23.4 Å². The number of amidine groups is 1. The Bertz CT molecular complexity index is 1530. The minimum Gasteiger partial charge on any atom is -0.444 e. The van der Waals surface area contributed by atoms with Crippen molar-refractivity contribution in [1.29, 1.82) is 0 Å². The lowest BCUT2D eigenvalue weighted by atomic mass is 10.0. The molecular weight excluding hydrogens is 538 g/mol. The summed E-state index contributed by atoms with van der Waals surface area (Å²) in [5, 5.41) is 9.74. The minimum absolute atomic E-state index is 0.277. The molecule has 0 spiro atoms. The molecule has 0 bridgehead atoms. The maximum Gasteiger partial charge on any atom is 0.408 e. The van der Waals surface area contributed by atoms with E-state index in [2.05, 4.69) is 25.9 Å². The third-order valence-corrected chi connectivity index (χ3v) is 6.61. The Morgan fingerprint density at radius 3 is 2.62 bits per heavy atom. The number of anilines is 1. The number of aliphatic imine (C=N–C) groups is 1. The third-order valence-electron chi connectivity index (χ3n) is 5.38. The van der Waals surface area contributed by atoms with Gasteiger partial charge in [-0.15, -0.1) is 0 Å². The highest BCUT2D eigenvalue weighted by Crippen LogP contribution is 2.33. The number of carbonyl (C=O) groups excluding carboxylic acids is 3. The van der Waals surface area contributed by atoms with E-state index >= 15 is 0 Å². The topological polar surface area (TPSA) is 122 Å². The number of aromatic nitrogens is 1. The fourth-order valence-electron chi connectivity index (χ4n) is 3.50. The number of hydrogen-bond donors (Lipinski definition) is 3. The number of alkyl carbamates (subject to hydrolysis) is 1. The van der Waals surface area contributed by atoms with Crippen molar-refractivity contribution >= 4 is 74.8 Å². The van der Waals surface area contributed by atoms with Gasteiger partial charge in [-0.3, -0.25) is 14.6 Å². The van der Waals surface area contributed by atoms with Crippen LogP contribution in [0.15, 0.2) is 64.6 Å². The van der Waals surface area contributed by atoms with Gasteiger partial charge in [0, 0.05) is 17.3 Å². The lowest BCUT2D eigenvalue weighted by molar-refractivity contribution is -0.121. The quantitative estimate of drug-likeness (QED) is 0.325. The Kier molecular flexibility index (Phi) is 7.99. The molecule has 39 heavy (non-hydrogen) atoms. The van der Waals surface area contributed by atoms with Gasteiger partial charge in [-0.1, -0.05) is 23.7 Å². The molecular formula is C28H28ClN5O4S. The van der Waals surface area contributed by atoms with Gasteiger partial charge in [0.25, 0.3) is 5.91 Å². The number of pyridine rings is 1. The van der Waals surface area contributed by atoms with E-state index in [9.17, 15) is 14.4 Å². The van der Waals surface area contributed by atoms with Gasteiger partial charge in [0.2, 0.25) is 5.91 Å². The van der Waals surface area contributed by atoms with Crippen LogP contribution in [0.2, 0.25) is 5.02 Å². The first-order valence-electron chi connectivity index (χ1n) is 12.1. The van der Waals surface area contributed by atoms with Gasteiger partial charge in [0.15, 0.2) is 5.17 Å². The Hall–Kier alpha value is -3.89. The molecule has 4 rings (SSSR count). The highest BCUT2D eigenvalue weighted by Gasteiger charge is 2.32. The van der Waals surface area contributed by atoms with Crippen LogP contribution in [0.1, 0.15) is 40.2 Å². The maximum absolute atomic E-state index is 12.9. The standard InChI is InChI=1S/C28H28ClN5O4S/c1-27(2,3)38-26(37)34-28(4,5)24(36)31-18-9-10-19(29)21(15-18)32-25-33-23(35)22(39-25)14-16-8-11-20-17(13-16)7-6-12-30-20/h6-15H,1-5H3,(H,31,36)(H,34,37)(H,32,33,35). The number of hydrogen-bond acceptors (Lipinski definition) is 7. The number of nitrogens with one attached hydrogen (secondary N) is 3. The maximum atomic E-state index is 12.9. The van der Waals surface area contributed by atoms with Crippen molar-refractivity contribution in [2.24, 2.45) is 4.99 Å². The molecule has 1 aromatic heterocycles. The molecule has 3 aromatic rings. The number of thioether (sulfide) groups is 1. The van der Waals surface area contributed by atoms with Crippen LogP contribution in [-0.2, 0) is 14.3 Å². The molecule has 0 saturated carbocycles. The zero-order valence-electron chi connectivity index (χ0n) is 22.1. The van der Waals surface area contributed by atoms with Crippen LogP contribution in [0.3, 0.4) is 0 Å². The molecule has 1 fully saturated rings. The number of carbonyl (C=O) groups is 3. The summed E-state index contributed by atoms with van der Waals surface area (Å²) in [6.45, 7) is 8.34. The average molecular weight is 566 g/mol. The van der Waals surface area contributed by atoms with E-state index in [0.717, 1.165) is 16.5 Å². The molecule has 0 radical (unpaired) electrons. The summed E-state index contributed by atoms with van der Waals surface area (Å²) in [4.78, 5) is 46.9. The van der Waals surface area contributed by atoms with Crippen LogP contribution in [0.25, 0.3) is 17.0 Å². The summed E-state index contributed by atoms with van der Waals surface area (Å²) < 4.78 is 5.25. The van der Waals surface area contributed by atoms with Crippen molar-refractivity contribution in [1.82, 2.24) is 15.6 Å². The van der Waals surface area contributed by atoms with E-state index in [1.165, 1.54) is 11.8 Å². The number of benzene rings is 2. The van der Waals surface area contributed by atoms with Crippen LogP contribution in [0.4, 0.5) is 16.2 Å². The van der Waals surface area contributed by atoms with E-state index in [1.54, 1.807) is 65.1 Å². The van der Waals surface area contributed by atoms with E-state index in [0.29, 0.717) is 26.5 Å². The fourth-order valence-corrected chi connectivity index (χ4v) is 4.50. The van der Waals surface area contributed by atoms with Crippen molar-refractivity contribution in [3.63, 3.8) is 0 Å². The van der Waals surface area contributed by atoms with Gasteiger partial charge in [-0.05, 0) is 94.4 Å². The van der Waals surface area contributed by atoms with Gasteiger partial charge in [-0.2, -0.15) is 0 Å². The lowest BCUT2D eigenvalue weighted by Crippen LogP contribution is -2.53. The summed E-state index contributed by atoms with van der Waals surface area (Å²) in [5.74, 6) is -0.741. The van der Waals surface area contributed by atoms with Crippen LogP contribution in [-0.4, -0.2) is 39.2 Å². The monoisotopic (exact) mass is 565 g/mol. The van der Waals surface area contributed by atoms with Gasteiger partial charge in [-0.25, -0.2) is 9.79 Å². The molecule has 9 nitrogen and oxygen atoms in total. The number of ether oxygens (including phenoxy) is 1. The average Bonchev–Trinajstić information content (AvgIpc) is 3.17. The smallest absolute Gasteiger partial charge is 0.408 e. The normalized spacial score (nSPS) is 15.9. The number of amides is 3. The van der Waals surface area contributed by atoms with Crippen molar-refractivity contribution in [3.05, 3.63) is 70.2 Å². The van der Waals surface area contributed by atoms with Crippen molar-refractivity contribution in [3.8, 4) is 0 Å². The molecule has 3 N–H and O–H groups in total. The van der Waals surface area contributed by atoms with Crippen molar-refractivity contribution in [2.75, 3.05) is 5.32 Å². The molecule has 2 aromatic carbocycles. The van der Waals surface area contributed by atoms with Crippen LogP contribution in [0.5, 0.6) is 0 Å². The van der Waals surface area contributed by atoms with E-state index < -0.39 is 23.1 Å². The number of halogens is 1. The van der Waals surface area contributed by atoms with E-state index in [4.69, 9.17) is 16.3 Å².